The molecule has 1 aromatic heterocycles. The van der Waals surface area contributed by atoms with Crippen LogP contribution in [0.3, 0.4) is 0 Å². The Hall–Kier alpha value is -3.24. The maximum atomic E-state index is 12.2. The number of fused-ring (bicyclic) bond motifs is 1. The largest absolute Gasteiger partial charge is 0.762 e. The number of allylic oxidation sites excluding steroid dienone is 1. The molecule has 0 bridgehead atoms. The Bertz CT molecular complexity index is 1400. The van der Waals surface area contributed by atoms with Gasteiger partial charge in [0.15, 0.2) is 12.4 Å². The summed E-state index contributed by atoms with van der Waals surface area (Å²) in [6, 6.07) is 29.1. The highest BCUT2D eigenvalue weighted by atomic mass is 79.9. The van der Waals surface area contributed by atoms with Gasteiger partial charge in [-0.15, -0.1) is 0 Å². The third kappa shape index (κ3) is 3.79. The van der Waals surface area contributed by atoms with E-state index in [9.17, 15) is 10.4 Å². The van der Waals surface area contributed by atoms with Crippen LogP contribution in [-0.4, -0.2) is 5.11 Å². The number of hydrogen-bond acceptors (Lipinski definition) is 4. The number of nitriles is 1. The first-order valence-electron chi connectivity index (χ1n) is 10.5. The van der Waals surface area contributed by atoms with Crippen molar-refractivity contribution in [2.75, 3.05) is 0 Å². The first kappa shape index (κ1) is 21.6. The molecule has 0 unspecified atom stereocenters. The lowest BCUT2D eigenvalue weighted by Crippen LogP contribution is -2.62. The SMILES string of the molecule is N#CC1=C([S-])N[C@@](O)(c2ccccc2)[C@H]([n+]2ccc3ccccc3c2)[C@H]1c1ccc(Br)cc1. The second-order valence-corrected chi connectivity index (χ2v) is 9.43. The number of nitrogens with zero attached hydrogens (tertiary/aromatic N) is 2. The van der Waals surface area contributed by atoms with Gasteiger partial charge in [-0.1, -0.05) is 81.6 Å². The number of rotatable bonds is 3. The molecule has 5 rings (SSSR count). The summed E-state index contributed by atoms with van der Waals surface area (Å²) in [5.74, 6) is -0.465. The fourth-order valence-electron chi connectivity index (χ4n) is 4.64. The van der Waals surface area contributed by atoms with Crippen LogP contribution in [0.2, 0.25) is 0 Å². The quantitative estimate of drug-likeness (QED) is 0.300. The molecule has 0 fully saturated rings. The van der Waals surface area contributed by atoms with Crippen LogP contribution in [0, 0.1) is 11.3 Å². The van der Waals surface area contributed by atoms with Gasteiger partial charge in [0.05, 0.1) is 12.0 Å². The van der Waals surface area contributed by atoms with E-state index in [0.29, 0.717) is 11.1 Å². The molecule has 4 aromatic rings. The molecule has 0 spiro atoms. The lowest BCUT2D eigenvalue weighted by molar-refractivity contribution is -0.742. The Morgan fingerprint density at radius 3 is 2.30 bits per heavy atom. The third-order valence-electron chi connectivity index (χ3n) is 6.20. The standard InChI is InChI=1S/C27H20BrN3OS/c28-22-12-10-19(11-13-22)24-23(16-29)26(33)30-27(32,21-8-2-1-3-9-21)25(24)31-15-14-18-6-4-5-7-20(18)17-31/h1-15,17,24-25,30,32H/t24-,25+,27+/m0/s1. The summed E-state index contributed by atoms with van der Waals surface area (Å²) in [6.07, 6.45) is 3.97. The van der Waals surface area contributed by atoms with Gasteiger partial charge in [-0.2, -0.15) is 9.83 Å². The van der Waals surface area contributed by atoms with Crippen LogP contribution in [-0.2, 0) is 18.4 Å². The van der Waals surface area contributed by atoms with E-state index in [2.05, 4.69) is 33.4 Å². The average molecular weight is 514 g/mol. The van der Waals surface area contributed by atoms with Crippen molar-refractivity contribution in [1.82, 2.24) is 5.32 Å². The first-order valence-corrected chi connectivity index (χ1v) is 11.7. The zero-order chi connectivity index (χ0) is 23.0. The summed E-state index contributed by atoms with van der Waals surface area (Å²) in [7, 11) is 0. The molecular formula is C27H20BrN3OS. The number of hydrogen-bond donors (Lipinski definition) is 2. The number of nitrogens with one attached hydrogen (secondary N) is 1. The second-order valence-electron chi connectivity index (χ2n) is 8.11. The Morgan fingerprint density at radius 1 is 0.939 bits per heavy atom. The molecule has 0 saturated heterocycles. The maximum absolute atomic E-state index is 12.2. The molecule has 0 amide bonds. The molecule has 1 aliphatic rings. The van der Waals surface area contributed by atoms with E-state index >= 15 is 0 Å². The van der Waals surface area contributed by atoms with Gasteiger partial charge in [0.2, 0.25) is 11.8 Å². The molecule has 3 aromatic carbocycles. The van der Waals surface area contributed by atoms with Crippen molar-refractivity contribution in [2.24, 2.45) is 0 Å². The Kier molecular flexibility index (Phi) is 5.63. The summed E-state index contributed by atoms with van der Waals surface area (Å²) < 4.78 is 2.93. The molecule has 3 atom stereocenters. The van der Waals surface area contributed by atoms with Gasteiger partial charge in [-0.25, -0.2) is 0 Å². The summed E-state index contributed by atoms with van der Waals surface area (Å²) in [5.41, 5.74) is 0.470. The van der Waals surface area contributed by atoms with Crippen molar-refractivity contribution >= 4 is 39.3 Å². The van der Waals surface area contributed by atoms with Crippen LogP contribution >= 0.6 is 15.9 Å². The number of aliphatic hydroxyl groups is 1. The minimum absolute atomic E-state index is 0.259. The number of pyridine rings is 1. The molecule has 162 valence electrons. The highest BCUT2D eigenvalue weighted by Crippen LogP contribution is 2.46. The van der Waals surface area contributed by atoms with Gasteiger partial charge in [0.25, 0.3) is 0 Å². The van der Waals surface area contributed by atoms with E-state index in [1.165, 1.54) is 0 Å². The molecule has 0 saturated carbocycles. The number of benzene rings is 3. The lowest BCUT2D eigenvalue weighted by Gasteiger charge is -2.45. The normalized spacial score (nSPS) is 22.6. The van der Waals surface area contributed by atoms with Crippen LogP contribution in [0.5, 0.6) is 0 Å². The van der Waals surface area contributed by atoms with E-state index in [0.717, 1.165) is 20.8 Å². The molecule has 0 aliphatic carbocycles. The van der Waals surface area contributed by atoms with Gasteiger partial charge in [0, 0.05) is 27.1 Å². The van der Waals surface area contributed by atoms with Crippen molar-refractivity contribution in [2.45, 2.75) is 17.7 Å². The maximum Gasteiger partial charge on any atom is 0.225 e. The molecule has 4 nitrogen and oxygen atoms in total. The zero-order valence-corrected chi connectivity index (χ0v) is 19.9. The van der Waals surface area contributed by atoms with Crippen LogP contribution < -0.4 is 9.88 Å². The Labute approximate surface area is 206 Å². The van der Waals surface area contributed by atoms with E-state index in [-0.39, 0.29) is 5.03 Å². The highest BCUT2D eigenvalue weighted by Gasteiger charge is 2.54. The van der Waals surface area contributed by atoms with Crippen LogP contribution in [0.15, 0.2) is 112 Å². The van der Waals surface area contributed by atoms with Gasteiger partial charge in [-0.3, -0.25) is 0 Å². The molecule has 0 radical (unpaired) electrons. The van der Waals surface area contributed by atoms with Crippen LogP contribution in [0.25, 0.3) is 10.8 Å². The molecule has 1 aliphatic heterocycles. The third-order valence-corrected chi connectivity index (χ3v) is 7.05. The molecular weight excluding hydrogens is 494 g/mol. The second kappa shape index (κ2) is 8.60. The Balaban J connectivity index is 1.80. The monoisotopic (exact) mass is 513 g/mol. The number of halogens is 1. The summed E-state index contributed by atoms with van der Waals surface area (Å²) >= 11 is 9.10. The van der Waals surface area contributed by atoms with Crippen molar-refractivity contribution in [3.05, 3.63) is 124 Å². The summed E-state index contributed by atoms with van der Waals surface area (Å²) in [5, 5.41) is 27.9. The molecule has 2 heterocycles. The minimum atomic E-state index is -1.54. The fraction of sp³-hybridized carbons (Fsp3) is 0.111. The van der Waals surface area contributed by atoms with Gasteiger partial charge < -0.3 is 23.1 Å². The van der Waals surface area contributed by atoms with Crippen LogP contribution in [0.4, 0.5) is 0 Å². The lowest BCUT2D eigenvalue weighted by atomic mass is 9.75. The van der Waals surface area contributed by atoms with Gasteiger partial charge in [0.1, 0.15) is 0 Å². The van der Waals surface area contributed by atoms with Gasteiger partial charge >= 0.3 is 0 Å². The summed E-state index contributed by atoms with van der Waals surface area (Å²) in [6.45, 7) is 0. The summed E-state index contributed by atoms with van der Waals surface area (Å²) in [4.78, 5) is 0. The average Bonchev–Trinajstić information content (AvgIpc) is 2.84. The number of aromatic nitrogens is 1. The molecule has 2 N–H and O–H groups in total. The predicted octanol–water partition coefficient (Wildman–Crippen LogP) is 4.95. The predicted molar refractivity (Wildman–Crippen MR) is 134 cm³/mol. The minimum Gasteiger partial charge on any atom is -0.762 e. The Morgan fingerprint density at radius 2 is 1.61 bits per heavy atom. The van der Waals surface area contributed by atoms with E-state index in [1.807, 2.05) is 95.8 Å². The first-order chi connectivity index (χ1) is 16.0. The zero-order valence-electron chi connectivity index (χ0n) is 17.5. The fourth-order valence-corrected chi connectivity index (χ4v) is 5.23. The van der Waals surface area contributed by atoms with Crippen molar-refractivity contribution in [3.63, 3.8) is 0 Å². The van der Waals surface area contributed by atoms with Crippen molar-refractivity contribution in [3.8, 4) is 6.07 Å². The van der Waals surface area contributed by atoms with Crippen LogP contribution in [0.1, 0.15) is 23.1 Å². The van der Waals surface area contributed by atoms with E-state index in [1.54, 1.807) is 0 Å². The van der Waals surface area contributed by atoms with E-state index in [4.69, 9.17) is 12.6 Å². The molecule has 6 heteroatoms. The van der Waals surface area contributed by atoms with Gasteiger partial charge in [-0.05, 0) is 29.1 Å². The van der Waals surface area contributed by atoms with Crippen molar-refractivity contribution < 1.29 is 9.67 Å². The van der Waals surface area contributed by atoms with E-state index < -0.39 is 17.7 Å². The van der Waals surface area contributed by atoms with Crippen molar-refractivity contribution in [1.29, 1.82) is 5.26 Å². The highest BCUT2D eigenvalue weighted by molar-refractivity contribution is 9.10. The topological polar surface area (TPSA) is 59.9 Å². The smallest absolute Gasteiger partial charge is 0.225 e. The molecule has 33 heavy (non-hydrogen) atoms.